The van der Waals surface area contributed by atoms with Gasteiger partial charge in [0.05, 0.1) is 6.10 Å². The molecule has 0 spiro atoms. The predicted octanol–water partition coefficient (Wildman–Crippen LogP) is 1.69. The second kappa shape index (κ2) is 12.2. The van der Waals surface area contributed by atoms with E-state index in [1.165, 1.54) is 4.90 Å². The number of carbonyl (C=O) groups is 2. The van der Waals surface area contributed by atoms with E-state index in [1.54, 1.807) is 0 Å². The maximum atomic E-state index is 12.6. The molecule has 3 N–H and O–H groups in total. The lowest BCUT2D eigenvalue weighted by atomic mass is 9.98. The molecule has 1 aromatic heterocycles. The first kappa shape index (κ1) is 25.2. The van der Waals surface area contributed by atoms with Gasteiger partial charge in [0.1, 0.15) is 13.2 Å². The standard InChI is InChI=1S/C22H24N6O7/c29-17(14-35-28(33)34)4-3-7-20(30)27(13-21(31)32)12-15-8-10-16(11-9-15)18-5-1-2-6-19(18)22-23-25-26-24-22/h1-2,5-6,8-11,17,29H,3-4,7,12-14H2,(H,31,32)(H,23,24,25,26). The molecular formula is C22H24N6O7. The van der Waals surface area contributed by atoms with Gasteiger partial charge in [0.2, 0.25) is 11.7 Å². The Morgan fingerprint density at radius 2 is 1.86 bits per heavy atom. The highest BCUT2D eigenvalue weighted by Crippen LogP contribution is 2.29. The number of carbonyl (C=O) groups excluding carboxylic acids is 1. The van der Waals surface area contributed by atoms with E-state index in [0.717, 1.165) is 22.3 Å². The summed E-state index contributed by atoms with van der Waals surface area (Å²) >= 11 is 0. The van der Waals surface area contributed by atoms with Crippen LogP contribution < -0.4 is 0 Å². The Hall–Kier alpha value is -4.39. The number of H-pyrrole nitrogens is 1. The van der Waals surface area contributed by atoms with Crippen LogP contribution in [0.25, 0.3) is 22.5 Å². The number of nitrogens with zero attached hydrogens (tertiary/aromatic N) is 5. The van der Waals surface area contributed by atoms with Crippen molar-refractivity contribution in [3.05, 3.63) is 64.2 Å². The van der Waals surface area contributed by atoms with Crippen molar-refractivity contribution in [3.8, 4) is 22.5 Å². The average molecular weight is 484 g/mol. The largest absolute Gasteiger partial charge is 0.480 e. The SMILES string of the molecule is O=C(O)CN(Cc1ccc(-c2ccccc2-c2nn[nH]n2)cc1)C(=O)CCCC(O)CO[N+](=O)[O-]. The summed E-state index contributed by atoms with van der Waals surface area (Å²) in [5.41, 5.74) is 3.30. The van der Waals surface area contributed by atoms with Gasteiger partial charge in [-0.15, -0.1) is 20.3 Å². The number of carboxylic acid groups (broad SMARTS) is 1. The van der Waals surface area contributed by atoms with Crippen molar-refractivity contribution in [3.63, 3.8) is 0 Å². The van der Waals surface area contributed by atoms with Gasteiger partial charge in [-0.3, -0.25) is 9.59 Å². The second-order valence-electron chi connectivity index (χ2n) is 7.69. The molecule has 0 radical (unpaired) electrons. The Kier molecular flexibility index (Phi) is 8.78. The minimum Gasteiger partial charge on any atom is -0.480 e. The Bertz CT molecular complexity index is 1140. The number of amides is 1. The number of aliphatic hydroxyl groups is 1. The van der Waals surface area contributed by atoms with Crippen LogP contribution in [0.2, 0.25) is 0 Å². The highest BCUT2D eigenvalue weighted by molar-refractivity contribution is 5.82. The van der Waals surface area contributed by atoms with Crippen LogP contribution in [-0.2, 0) is 21.0 Å². The molecule has 13 nitrogen and oxygen atoms in total. The molecule has 1 heterocycles. The van der Waals surface area contributed by atoms with Crippen LogP contribution in [0.3, 0.4) is 0 Å². The number of aliphatic carboxylic acids is 1. The highest BCUT2D eigenvalue weighted by Gasteiger charge is 2.18. The summed E-state index contributed by atoms with van der Waals surface area (Å²) in [6.45, 7) is -0.874. The summed E-state index contributed by atoms with van der Waals surface area (Å²) in [5, 5.41) is 42.2. The first-order valence-corrected chi connectivity index (χ1v) is 10.7. The second-order valence-corrected chi connectivity index (χ2v) is 7.69. The van der Waals surface area contributed by atoms with Crippen LogP contribution in [-0.4, -0.2) is 72.0 Å². The lowest BCUT2D eigenvalue weighted by Gasteiger charge is -2.21. The van der Waals surface area contributed by atoms with Crippen molar-refractivity contribution in [2.75, 3.05) is 13.2 Å². The van der Waals surface area contributed by atoms with Crippen LogP contribution in [0, 0.1) is 10.1 Å². The number of aliphatic hydroxyl groups excluding tert-OH is 1. The van der Waals surface area contributed by atoms with Gasteiger partial charge in [0, 0.05) is 18.5 Å². The van der Waals surface area contributed by atoms with Crippen LogP contribution >= 0.6 is 0 Å². The minimum absolute atomic E-state index is 0.0149. The molecule has 13 heteroatoms. The highest BCUT2D eigenvalue weighted by atomic mass is 17.0. The molecule has 0 aliphatic heterocycles. The van der Waals surface area contributed by atoms with Crippen LogP contribution in [0.5, 0.6) is 0 Å². The van der Waals surface area contributed by atoms with Crippen molar-refractivity contribution in [2.24, 2.45) is 0 Å². The number of nitrogens with one attached hydrogen (secondary N) is 1. The van der Waals surface area contributed by atoms with Gasteiger partial charge in [-0.1, -0.05) is 48.5 Å². The Morgan fingerprint density at radius 1 is 1.14 bits per heavy atom. The third kappa shape index (κ3) is 7.57. The minimum atomic E-state index is -1.15. The maximum Gasteiger partial charge on any atom is 0.323 e. The predicted molar refractivity (Wildman–Crippen MR) is 121 cm³/mol. The van der Waals surface area contributed by atoms with Crippen LogP contribution in [0.15, 0.2) is 48.5 Å². The van der Waals surface area contributed by atoms with Gasteiger partial charge in [-0.25, -0.2) is 0 Å². The maximum absolute atomic E-state index is 12.6. The van der Waals surface area contributed by atoms with Gasteiger partial charge in [-0.2, -0.15) is 5.21 Å². The summed E-state index contributed by atoms with van der Waals surface area (Å²) in [5.74, 6) is -1.09. The van der Waals surface area contributed by atoms with Crippen molar-refractivity contribution in [2.45, 2.75) is 31.9 Å². The van der Waals surface area contributed by atoms with E-state index in [4.69, 9.17) is 0 Å². The van der Waals surface area contributed by atoms with Gasteiger partial charge in [0.25, 0.3) is 5.09 Å². The summed E-state index contributed by atoms with van der Waals surface area (Å²) in [7, 11) is 0. The summed E-state index contributed by atoms with van der Waals surface area (Å²) in [6.07, 6.45) is -0.777. The Balaban J connectivity index is 1.64. The molecule has 35 heavy (non-hydrogen) atoms. The average Bonchev–Trinajstić information content (AvgIpc) is 3.37. The lowest BCUT2D eigenvalue weighted by Crippen LogP contribution is -2.35. The Labute approximate surface area is 199 Å². The molecular weight excluding hydrogens is 460 g/mol. The first-order valence-electron chi connectivity index (χ1n) is 10.7. The number of hydrogen-bond donors (Lipinski definition) is 3. The zero-order chi connectivity index (χ0) is 25.2. The van der Waals surface area contributed by atoms with Gasteiger partial charge >= 0.3 is 5.97 Å². The topological polar surface area (TPSA) is 185 Å². The number of hydrogen-bond acceptors (Lipinski definition) is 9. The molecule has 2 aromatic carbocycles. The molecule has 3 aromatic rings. The quantitative estimate of drug-likeness (QED) is 0.238. The molecule has 1 unspecified atom stereocenters. The fraction of sp³-hybridized carbons (Fsp3) is 0.318. The Morgan fingerprint density at radius 3 is 2.49 bits per heavy atom. The normalized spacial score (nSPS) is 11.6. The van der Waals surface area contributed by atoms with Crippen LogP contribution in [0.4, 0.5) is 0 Å². The monoisotopic (exact) mass is 484 g/mol. The molecule has 0 fully saturated rings. The molecule has 184 valence electrons. The van der Waals surface area contributed by atoms with Crippen molar-refractivity contribution < 1.29 is 29.7 Å². The van der Waals surface area contributed by atoms with E-state index in [-0.39, 0.29) is 25.8 Å². The van der Waals surface area contributed by atoms with E-state index >= 15 is 0 Å². The van der Waals surface area contributed by atoms with Crippen molar-refractivity contribution >= 4 is 11.9 Å². The van der Waals surface area contributed by atoms with E-state index < -0.39 is 36.2 Å². The number of tetrazole rings is 1. The number of benzene rings is 2. The molecule has 0 saturated heterocycles. The van der Waals surface area contributed by atoms with Crippen molar-refractivity contribution in [1.29, 1.82) is 0 Å². The zero-order valence-electron chi connectivity index (χ0n) is 18.6. The summed E-state index contributed by atoms with van der Waals surface area (Å²) < 4.78 is 0. The molecule has 3 rings (SSSR count). The van der Waals surface area contributed by atoms with E-state index in [1.807, 2.05) is 48.5 Å². The number of aromatic nitrogens is 4. The van der Waals surface area contributed by atoms with Gasteiger partial charge in [-0.05, 0) is 34.7 Å². The third-order valence-electron chi connectivity index (χ3n) is 5.13. The van der Waals surface area contributed by atoms with Gasteiger partial charge < -0.3 is 20.0 Å². The van der Waals surface area contributed by atoms with Crippen LogP contribution in [0.1, 0.15) is 24.8 Å². The lowest BCUT2D eigenvalue weighted by molar-refractivity contribution is -0.759. The fourth-order valence-corrected chi connectivity index (χ4v) is 3.49. The number of carboxylic acids is 1. The van der Waals surface area contributed by atoms with E-state index in [9.17, 15) is 29.9 Å². The first-order chi connectivity index (χ1) is 16.8. The van der Waals surface area contributed by atoms with Gasteiger partial charge in [0.15, 0.2) is 0 Å². The van der Waals surface area contributed by atoms with Crippen molar-refractivity contribution in [1.82, 2.24) is 25.5 Å². The number of rotatable bonds is 13. The van der Waals surface area contributed by atoms with E-state index in [0.29, 0.717) is 5.82 Å². The molecule has 1 amide bonds. The fourth-order valence-electron chi connectivity index (χ4n) is 3.49. The molecule has 0 aliphatic carbocycles. The smallest absolute Gasteiger partial charge is 0.323 e. The molecule has 0 bridgehead atoms. The molecule has 0 saturated carbocycles. The zero-order valence-corrected chi connectivity index (χ0v) is 18.6. The van der Waals surface area contributed by atoms with E-state index in [2.05, 4.69) is 25.5 Å². The summed E-state index contributed by atoms with van der Waals surface area (Å²) in [6, 6.07) is 14.9. The third-order valence-corrected chi connectivity index (χ3v) is 5.13. The number of aromatic amines is 1. The summed E-state index contributed by atoms with van der Waals surface area (Å²) in [4.78, 5) is 39.4. The molecule has 0 aliphatic rings. The molecule has 1 atom stereocenters.